The van der Waals surface area contributed by atoms with Crippen LogP contribution >= 0.6 is 50.1 Å². The number of aryl methyl sites for hydroxylation is 1. The number of hydrogen-bond donors (Lipinski definition) is 1. The number of carbonyl (C=O) groups excluding carboxylic acids is 1. The van der Waals surface area contributed by atoms with E-state index in [0.717, 1.165) is 13.6 Å². The standard InChI is InChI=1S/C14H10BrClINO/c1-8-6-9(15)2-4-11(8)14(19)18-13-5-3-10(17)7-12(13)16/h2-7H,1H3,(H,18,19). The van der Waals surface area contributed by atoms with Gasteiger partial charge in [0.05, 0.1) is 10.7 Å². The number of hydrogen-bond acceptors (Lipinski definition) is 1. The van der Waals surface area contributed by atoms with Crippen molar-refractivity contribution in [1.29, 1.82) is 0 Å². The molecule has 0 bridgehead atoms. The molecule has 0 radical (unpaired) electrons. The van der Waals surface area contributed by atoms with Crippen molar-refractivity contribution >= 4 is 61.7 Å². The van der Waals surface area contributed by atoms with E-state index >= 15 is 0 Å². The van der Waals surface area contributed by atoms with Gasteiger partial charge in [0.15, 0.2) is 0 Å². The van der Waals surface area contributed by atoms with E-state index in [-0.39, 0.29) is 5.91 Å². The van der Waals surface area contributed by atoms with E-state index in [4.69, 9.17) is 11.6 Å². The van der Waals surface area contributed by atoms with E-state index in [1.807, 2.05) is 31.2 Å². The number of anilines is 1. The number of amides is 1. The van der Waals surface area contributed by atoms with E-state index in [1.165, 1.54) is 0 Å². The Balaban J connectivity index is 2.25. The summed E-state index contributed by atoms with van der Waals surface area (Å²) in [6.07, 6.45) is 0. The largest absolute Gasteiger partial charge is 0.321 e. The Labute approximate surface area is 138 Å². The number of halogens is 3. The first-order chi connectivity index (χ1) is 8.97. The maximum atomic E-state index is 12.2. The van der Waals surface area contributed by atoms with Crippen LogP contribution in [0, 0.1) is 10.5 Å². The lowest BCUT2D eigenvalue weighted by Gasteiger charge is -2.09. The second kappa shape index (κ2) is 6.24. The molecule has 0 saturated carbocycles. The third kappa shape index (κ3) is 3.70. The molecule has 0 heterocycles. The Morgan fingerprint density at radius 1 is 1.26 bits per heavy atom. The van der Waals surface area contributed by atoms with Crippen molar-refractivity contribution < 1.29 is 4.79 Å². The first-order valence-corrected chi connectivity index (χ1v) is 7.75. The van der Waals surface area contributed by atoms with Crippen molar-refractivity contribution in [3.8, 4) is 0 Å². The molecule has 0 aliphatic heterocycles. The third-order valence-corrected chi connectivity index (χ3v) is 4.09. The average Bonchev–Trinajstić information content (AvgIpc) is 2.32. The van der Waals surface area contributed by atoms with Gasteiger partial charge < -0.3 is 5.32 Å². The highest BCUT2D eigenvalue weighted by atomic mass is 127. The first-order valence-electron chi connectivity index (χ1n) is 5.50. The zero-order chi connectivity index (χ0) is 14.0. The normalized spacial score (nSPS) is 10.3. The molecule has 2 rings (SSSR count). The van der Waals surface area contributed by atoms with Crippen LogP contribution in [-0.2, 0) is 0 Å². The summed E-state index contributed by atoms with van der Waals surface area (Å²) in [5.41, 5.74) is 2.17. The fourth-order valence-corrected chi connectivity index (χ4v) is 3.04. The summed E-state index contributed by atoms with van der Waals surface area (Å²) < 4.78 is 1.98. The second-order valence-corrected chi connectivity index (χ2v) is 6.61. The number of rotatable bonds is 2. The summed E-state index contributed by atoms with van der Waals surface area (Å²) in [6.45, 7) is 1.90. The van der Waals surface area contributed by atoms with Crippen LogP contribution in [0.1, 0.15) is 15.9 Å². The molecule has 0 aliphatic carbocycles. The van der Waals surface area contributed by atoms with E-state index in [0.29, 0.717) is 16.3 Å². The van der Waals surface area contributed by atoms with Crippen LogP contribution in [0.4, 0.5) is 5.69 Å². The lowest BCUT2D eigenvalue weighted by atomic mass is 10.1. The Morgan fingerprint density at radius 2 is 2.00 bits per heavy atom. The molecule has 0 aromatic heterocycles. The fourth-order valence-electron chi connectivity index (χ4n) is 1.66. The van der Waals surface area contributed by atoms with Crippen molar-refractivity contribution in [2.75, 3.05) is 5.32 Å². The minimum absolute atomic E-state index is 0.159. The minimum Gasteiger partial charge on any atom is -0.321 e. The van der Waals surface area contributed by atoms with Gasteiger partial charge in [-0.15, -0.1) is 0 Å². The molecule has 0 spiro atoms. The van der Waals surface area contributed by atoms with Gasteiger partial charge in [0.2, 0.25) is 0 Å². The summed E-state index contributed by atoms with van der Waals surface area (Å²) in [5.74, 6) is -0.159. The number of nitrogens with one attached hydrogen (secondary N) is 1. The first kappa shape index (κ1) is 14.8. The minimum atomic E-state index is -0.159. The molecular formula is C14H10BrClINO. The van der Waals surface area contributed by atoms with Gasteiger partial charge in [0, 0.05) is 13.6 Å². The molecule has 2 aromatic rings. The van der Waals surface area contributed by atoms with Crippen molar-refractivity contribution in [3.05, 3.63) is 60.6 Å². The molecule has 2 aromatic carbocycles. The highest BCUT2D eigenvalue weighted by Crippen LogP contribution is 2.25. The molecule has 0 unspecified atom stereocenters. The molecule has 0 atom stereocenters. The van der Waals surface area contributed by atoms with Gasteiger partial charge in [-0.25, -0.2) is 0 Å². The Bertz CT molecular complexity index is 645. The zero-order valence-corrected chi connectivity index (χ0v) is 14.5. The maximum absolute atomic E-state index is 12.2. The summed E-state index contributed by atoms with van der Waals surface area (Å²) >= 11 is 11.7. The topological polar surface area (TPSA) is 29.1 Å². The fraction of sp³-hybridized carbons (Fsp3) is 0.0714. The molecule has 1 N–H and O–H groups in total. The van der Waals surface area contributed by atoms with Crippen molar-refractivity contribution in [2.45, 2.75) is 6.92 Å². The van der Waals surface area contributed by atoms with Gasteiger partial charge in [-0.1, -0.05) is 27.5 Å². The van der Waals surface area contributed by atoms with Gasteiger partial charge >= 0.3 is 0 Å². The average molecular weight is 451 g/mol. The lowest BCUT2D eigenvalue weighted by molar-refractivity contribution is 0.102. The smallest absolute Gasteiger partial charge is 0.255 e. The highest BCUT2D eigenvalue weighted by Gasteiger charge is 2.11. The van der Waals surface area contributed by atoms with Gasteiger partial charge in [-0.05, 0) is 71.5 Å². The van der Waals surface area contributed by atoms with E-state index < -0.39 is 0 Å². The van der Waals surface area contributed by atoms with Crippen LogP contribution < -0.4 is 5.32 Å². The maximum Gasteiger partial charge on any atom is 0.255 e. The predicted octanol–water partition coefficient (Wildman–Crippen LogP) is 5.27. The van der Waals surface area contributed by atoms with Gasteiger partial charge in [0.1, 0.15) is 0 Å². The van der Waals surface area contributed by atoms with Crippen LogP contribution in [0.5, 0.6) is 0 Å². The Morgan fingerprint density at radius 3 is 2.63 bits per heavy atom. The van der Waals surface area contributed by atoms with Gasteiger partial charge in [0.25, 0.3) is 5.91 Å². The molecule has 0 fully saturated rings. The molecule has 0 aliphatic rings. The van der Waals surface area contributed by atoms with Crippen molar-refractivity contribution in [2.24, 2.45) is 0 Å². The van der Waals surface area contributed by atoms with Crippen molar-refractivity contribution in [1.82, 2.24) is 0 Å². The summed E-state index contributed by atoms with van der Waals surface area (Å²) in [4.78, 5) is 12.2. The molecular weight excluding hydrogens is 440 g/mol. The summed E-state index contributed by atoms with van der Waals surface area (Å²) in [6, 6.07) is 11.1. The van der Waals surface area contributed by atoms with E-state index in [1.54, 1.807) is 12.1 Å². The molecule has 0 saturated heterocycles. The monoisotopic (exact) mass is 449 g/mol. The molecule has 19 heavy (non-hydrogen) atoms. The van der Waals surface area contributed by atoms with Gasteiger partial charge in [-0.3, -0.25) is 4.79 Å². The van der Waals surface area contributed by atoms with Crippen LogP contribution in [0.25, 0.3) is 0 Å². The van der Waals surface area contributed by atoms with Crippen LogP contribution in [-0.4, -0.2) is 5.91 Å². The molecule has 98 valence electrons. The zero-order valence-electron chi connectivity index (χ0n) is 10.0. The number of carbonyl (C=O) groups is 1. The highest BCUT2D eigenvalue weighted by molar-refractivity contribution is 14.1. The summed E-state index contributed by atoms with van der Waals surface area (Å²) in [5, 5.41) is 3.36. The predicted molar refractivity (Wildman–Crippen MR) is 91.0 cm³/mol. The quantitative estimate of drug-likeness (QED) is 0.621. The Kier molecular flexibility index (Phi) is 4.86. The summed E-state index contributed by atoms with van der Waals surface area (Å²) in [7, 11) is 0. The third-order valence-electron chi connectivity index (χ3n) is 2.61. The lowest BCUT2D eigenvalue weighted by Crippen LogP contribution is -2.13. The van der Waals surface area contributed by atoms with Gasteiger partial charge in [-0.2, -0.15) is 0 Å². The second-order valence-electron chi connectivity index (χ2n) is 4.04. The number of benzene rings is 2. The van der Waals surface area contributed by atoms with E-state index in [9.17, 15) is 4.79 Å². The molecule has 5 heteroatoms. The SMILES string of the molecule is Cc1cc(Br)ccc1C(=O)Nc1ccc(I)cc1Cl. The van der Waals surface area contributed by atoms with E-state index in [2.05, 4.69) is 43.8 Å². The van der Waals surface area contributed by atoms with Crippen LogP contribution in [0.3, 0.4) is 0 Å². The molecule has 1 amide bonds. The van der Waals surface area contributed by atoms with Crippen LogP contribution in [0.15, 0.2) is 40.9 Å². The Hall–Kier alpha value is -0.590. The molecule has 2 nitrogen and oxygen atoms in total. The van der Waals surface area contributed by atoms with Crippen molar-refractivity contribution in [3.63, 3.8) is 0 Å². The van der Waals surface area contributed by atoms with Crippen LogP contribution in [0.2, 0.25) is 5.02 Å².